The first-order valence-electron chi connectivity index (χ1n) is 5.08. The lowest BCUT2D eigenvalue weighted by molar-refractivity contribution is -0.384. The van der Waals surface area contributed by atoms with Crippen molar-refractivity contribution in [3.8, 4) is 0 Å². The van der Waals surface area contributed by atoms with Crippen LogP contribution in [0.2, 0.25) is 0 Å². The number of likely N-dealkylation sites (N-methyl/N-ethyl adjacent to an activating group) is 1. The summed E-state index contributed by atoms with van der Waals surface area (Å²) < 4.78 is 0. The van der Waals surface area contributed by atoms with Gasteiger partial charge in [-0.2, -0.15) is 0 Å². The van der Waals surface area contributed by atoms with Gasteiger partial charge in [-0.1, -0.05) is 0 Å². The molecule has 4 N–H and O–H groups in total. The number of carbonyl (C=O) groups excluding carboxylic acids is 1. The maximum absolute atomic E-state index is 11.2. The van der Waals surface area contributed by atoms with Gasteiger partial charge in [0.1, 0.15) is 0 Å². The third-order valence-electron chi connectivity index (χ3n) is 1.98. The average molecular weight is 238 g/mol. The van der Waals surface area contributed by atoms with Crippen molar-refractivity contribution in [1.29, 1.82) is 0 Å². The summed E-state index contributed by atoms with van der Waals surface area (Å²) in [5.74, 6) is -0.183. The van der Waals surface area contributed by atoms with E-state index in [1.165, 1.54) is 18.2 Å². The van der Waals surface area contributed by atoms with Crippen molar-refractivity contribution in [3.05, 3.63) is 28.3 Å². The second kappa shape index (κ2) is 5.69. The van der Waals surface area contributed by atoms with Gasteiger partial charge in [-0.05, 0) is 13.0 Å². The lowest BCUT2D eigenvalue weighted by Crippen LogP contribution is -2.29. The van der Waals surface area contributed by atoms with Crippen molar-refractivity contribution in [2.75, 3.05) is 24.1 Å². The van der Waals surface area contributed by atoms with Crippen LogP contribution >= 0.6 is 0 Å². The number of non-ortho nitro benzene ring substituents is 1. The van der Waals surface area contributed by atoms with Crippen LogP contribution in [-0.4, -0.2) is 23.9 Å². The van der Waals surface area contributed by atoms with Crippen molar-refractivity contribution >= 4 is 23.0 Å². The van der Waals surface area contributed by atoms with E-state index in [0.717, 1.165) is 0 Å². The molecule has 1 amide bonds. The number of benzene rings is 1. The summed E-state index contributed by atoms with van der Waals surface area (Å²) in [5, 5.41) is 16.0. The van der Waals surface area contributed by atoms with Crippen LogP contribution in [0.1, 0.15) is 6.92 Å². The fraction of sp³-hybridized carbons (Fsp3) is 0.300. The Hall–Kier alpha value is -2.31. The van der Waals surface area contributed by atoms with E-state index in [1.807, 2.05) is 6.92 Å². The van der Waals surface area contributed by atoms with Crippen LogP contribution in [0.4, 0.5) is 17.1 Å². The second-order valence-corrected chi connectivity index (χ2v) is 3.38. The van der Waals surface area contributed by atoms with Gasteiger partial charge in [-0.15, -0.1) is 0 Å². The molecule has 1 aromatic carbocycles. The molecule has 0 unspecified atom stereocenters. The molecule has 0 heterocycles. The highest BCUT2D eigenvalue weighted by Gasteiger charge is 2.08. The number of nitrogens with zero attached hydrogens (tertiary/aromatic N) is 1. The molecule has 0 aliphatic carbocycles. The smallest absolute Gasteiger partial charge is 0.273 e. The molecule has 7 heteroatoms. The number of anilines is 2. The van der Waals surface area contributed by atoms with Gasteiger partial charge in [0.15, 0.2) is 0 Å². The molecular formula is C10H14N4O3. The molecule has 0 fully saturated rings. The lowest BCUT2D eigenvalue weighted by atomic mass is 10.2. The summed E-state index contributed by atoms with van der Waals surface area (Å²) >= 11 is 0. The minimum absolute atomic E-state index is 0.0500. The number of carbonyl (C=O) groups is 1. The van der Waals surface area contributed by atoms with Crippen molar-refractivity contribution in [1.82, 2.24) is 5.32 Å². The maximum atomic E-state index is 11.2. The van der Waals surface area contributed by atoms with Gasteiger partial charge in [0.25, 0.3) is 5.69 Å². The lowest BCUT2D eigenvalue weighted by Gasteiger charge is -2.07. The van der Waals surface area contributed by atoms with E-state index >= 15 is 0 Å². The predicted octanol–water partition coefficient (Wildman–Crippen LogP) is 0.725. The number of hydrogen-bond acceptors (Lipinski definition) is 5. The van der Waals surface area contributed by atoms with Crippen molar-refractivity contribution in [2.24, 2.45) is 0 Å². The van der Waals surface area contributed by atoms with E-state index in [-0.39, 0.29) is 23.8 Å². The molecule has 1 rings (SSSR count). The third kappa shape index (κ3) is 3.98. The molecule has 0 atom stereocenters. The van der Waals surface area contributed by atoms with Gasteiger partial charge in [0, 0.05) is 30.1 Å². The minimum atomic E-state index is -0.534. The van der Waals surface area contributed by atoms with E-state index in [0.29, 0.717) is 12.2 Å². The van der Waals surface area contributed by atoms with Gasteiger partial charge in [-0.3, -0.25) is 14.9 Å². The SMILES string of the molecule is CCNC(=O)CNc1cc(N)cc([N+](=O)[O-])c1. The van der Waals surface area contributed by atoms with Crippen LogP contribution in [0.25, 0.3) is 0 Å². The second-order valence-electron chi connectivity index (χ2n) is 3.38. The molecule has 1 aromatic rings. The molecule has 0 aliphatic rings. The molecule has 0 spiro atoms. The molecule has 0 bridgehead atoms. The number of nitro groups is 1. The Labute approximate surface area is 98.1 Å². The average Bonchev–Trinajstić information content (AvgIpc) is 2.26. The van der Waals surface area contributed by atoms with Crippen LogP contribution in [0.5, 0.6) is 0 Å². The van der Waals surface area contributed by atoms with Crippen molar-refractivity contribution < 1.29 is 9.72 Å². The summed E-state index contributed by atoms with van der Waals surface area (Å²) in [7, 11) is 0. The molecule has 0 radical (unpaired) electrons. The fourth-order valence-electron chi connectivity index (χ4n) is 1.28. The predicted molar refractivity (Wildman–Crippen MR) is 64.7 cm³/mol. The molecule has 0 aromatic heterocycles. The van der Waals surface area contributed by atoms with Crippen LogP contribution in [0, 0.1) is 10.1 Å². The number of nitrogens with one attached hydrogen (secondary N) is 2. The quantitative estimate of drug-likeness (QED) is 0.398. The molecule has 0 aliphatic heterocycles. The number of nitrogen functional groups attached to an aromatic ring is 1. The molecule has 92 valence electrons. The van der Waals surface area contributed by atoms with E-state index < -0.39 is 4.92 Å². The van der Waals surface area contributed by atoms with Crippen LogP contribution in [-0.2, 0) is 4.79 Å². The highest BCUT2D eigenvalue weighted by atomic mass is 16.6. The third-order valence-corrected chi connectivity index (χ3v) is 1.98. The normalized spacial score (nSPS) is 9.71. The number of rotatable bonds is 5. The fourth-order valence-corrected chi connectivity index (χ4v) is 1.28. The van der Waals surface area contributed by atoms with Crippen LogP contribution in [0.15, 0.2) is 18.2 Å². The topological polar surface area (TPSA) is 110 Å². The first kappa shape index (κ1) is 12.8. The maximum Gasteiger partial charge on any atom is 0.273 e. The van der Waals surface area contributed by atoms with Gasteiger partial charge < -0.3 is 16.4 Å². The Morgan fingerprint density at radius 2 is 2.18 bits per heavy atom. The monoisotopic (exact) mass is 238 g/mol. The zero-order chi connectivity index (χ0) is 12.8. The van der Waals surface area contributed by atoms with Gasteiger partial charge in [0.2, 0.25) is 5.91 Å². The Bertz CT molecular complexity index is 434. The largest absolute Gasteiger partial charge is 0.398 e. The first-order chi connectivity index (χ1) is 8.02. The Morgan fingerprint density at radius 1 is 1.47 bits per heavy atom. The molecule has 0 saturated carbocycles. The summed E-state index contributed by atoms with van der Waals surface area (Å²) in [5.41, 5.74) is 6.13. The number of hydrogen-bond donors (Lipinski definition) is 3. The molecular weight excluding hydrogens is 224 g/mol. The Kier molecular flexibility index (Phi) is 4.27. The summed E-state index contributed by atoms with van der Waals surface area (Å²) in [6.07, 6.45) is 0. The zero-order valence-corrected chi connectivity index (χ0v) is 9.40. The van der Waals surface area contributed by atoms with E-state index in [2.05, 4.69) is 10.6 Å². The summed E-state index contributed by atoms with van der Waals surface area (Å²) in [6.45, 7) is 2.40. The van der Waals surface area contributed by atoms with Crippen LogP contribution in [0.3, 0.4) is 0 Å². The van der Waals surface area contributed by atoms with E-state index in [1.54, 1.807) is 0 Å². The molecule has 7 nitrogen and oxygen atoms in total. The highest BCUT2D eigenvalue weighted by molar-refractivity contribution is 5.81. The van der Waals surface area contributed by atoms with E-state index in [4.69, 9.17) is 5.73 Å². The number of nitro benzene ring substituents is 1. The summed E-state index contributed by atoms with van der Waals surface area (Å²) in [6, 6.07) is 4.12. The zero-order valence-electron chi connectivity index (χ0n) is 9.40. The summed E-state index contributed by atoms with van der Waals surface area (Å²) in [4.78, 5) is 21.2. The van der Waals surface area contributed by atoms with Gasteiger partial charge in [-0.25, -0.2) is 0 Å². The Balaban J connectivity index is 2.71. The van der Waals surface area contributed by atoms with Crippen LogP contribution < -0.4 is 16.4 Å². The molecule has 17 heavy (non-hydrogen) atoms. The van der Waals surface area contributed by atoms with E-state index in [9.17, 15) is 14.9 Å². The number of nitrogens with two attached hydrogens (primary N) is 1. The van der Waals surface area contributed by atoms with Gasteiger partial charge >= 0.3 is 0 Å². The van der Waals surface area contributed by atoms with Crippen molar-refractivity contribution in [3.63, 3.8) is 0 Å². The first-order valence-corrected chi connectivity index (χ1v) is 5.08. The Morgan fingerprint density at radius 3 is 2.76 bits per heavy atom. The molecule has 0 saturated heterocycles. The number of amides is 1. The highest BCUT2D eigenvalue weighted by Crippen LogP contribution is 2.21. The van der Waals surface area contributed by atoms with Gasteiger partial charge in [0.05, 0.1) is 11.5 Å². The minimum Gasteiger partial charge on any atom is -0.398 e. The standard InChI is InChI=1S/C10H14N4O3/c1-2-12-10(15)6-13-8-3-7(11)4-9(5-8)14(16)17/h3-5,13H,2,6,11H2,1H3,(H,12,15). The van der Waals surface area contributed by atoms with Crippen molar-refractivity contribution in [2.45, 2.75) is 6.92 Å².